The maximum Gasteiger partial charge on any atom is 0.253 e. The second-order valence-electron chi connectivity index (χ2n) is 5.31. The summed E-state index contributed by atoms with van der Waals surface area (Å²) in [7, 11) is -1.31. The molecule has 1 unspecified atom stereocenters. The minimum atomic E-state index is -3.21. The second-order valence-corrected chi connectivity index (χ2v) is 7.59. The first kappa shape index (κ1) is 16.0. The molecule has 5 nitrogen and oxygen atoms in total. The largest absolute Gasteiger partial charge is 0.337 e. The monoisotopic (exact) mass is 310 g/mol. The number of rotatable bonds is 4. The van der Waals surface area contributed by atoms with Crippen molar-refractivity contribution < 1.29 is 13.2 Å². The Bertz CT molecular complexity index is 596. The number of hydrogen-bond acceptors (Lipinski definition) is 4. The van der Waals surface area contributed by atoms with Crippen LogP contribution in [-0.4, -0.2) is 51.2 Å². The minimum absolute atomic E-state index is 0.0320. The molecule has 1 N–H and O–H groups in total. The minimum Gasteiger partial charge on any atom is -0.337 e. The molecule has 0 aliphatic carbocycles. The van der Waals surface area contributed by atoms with Crippen LogP contribution >= 0.6 is 0 Å². The van der Waals surface area contributed by atoms with Crippen molar-refractivity contribution in [3.63, 3.8) is 0 Å². The van der Waals surface area contributed by atoms with Crippen LogP contribution in [0.2, 0.25) is 0 Å². The van der Waals surface area contributed by atoms with Crippen LogP contribution in [0.5, 0.6) is 0 Å². The van der Waals surface area contributed by atoms with E-state index < -0.39 is 9.84 Å². The number of sulfone groups is 1. The summed E-state index contributed by atoms with van der Waals surface area (Å²) < 4.78 is 23.5. The Labute approximate surface area is 126 Å². The highest BCUT2D eigenvalue weighted by Crippen LogP contribution is 2.16. The van der Waals surface area contributed by atoms with E-state index in [1.807, 2.05) is 11.9 Å². The van der Waals surface area contributed by atoms with Gasteiger partial charge in [-0.05, 0) is 44.2 Å². The normalized spacial score (nSPS) is 19.5. The summed E-state index contributed by atoms with van der Waals surface area (Å²) in [6, 6.07) is 6.58. The Hall–Kier alpha value is -1.40. The molecule has 0 aromatic heterocycles. The summed E-state index contributed by atoms with van der Waals surface area (Å²) in [6.45, 7) is 3.07. The highest BCUT2D eigenvalue weighted by atomic mass is 32.2. The van der Waals surface area contributed by atoms with E-state index in [1.165, 1.54) is 12.1 Å². The van der Waals surface area contributed by atoms with E-state index in [1.54, 1.807) is 19.1 Å². The molecule has 1 aromatic rings. The molecule has 1 atom stereocenters. The van der Waals surface area contributed by atoms with Gasteiger partial charge in [-0.25, -0.2) is 8.42 Å². The van der Waals surface area contributed by atoms with E-state index in [-0.39, 0.29) is 16.6 Å². The van der Waals surface area contributed by atoms with Gasteiger partial charge in [0.25, 0.3) is 5.91 Å². The maximum atomic E-state index is 12.4. The van der Waals surface area contributed by atoms with Crippen LogP contribution < -0.4 is 5.32 Å². The van der Waals surface area contributed by atoms with Crippen molar-refractivity contribution in [1.29, 1.82) is 0 Å². The second kappa shape index (κ2) is 6.58. The van der Waals surface area contributed by atoms with Crippen molar-refractivity contribution in [2.75, 3.05) is 25.9 Å². The Morgan fingerprint density at radius 2 is 2.00 bits per heavy atom. The molecular weight excluding hydrogens is 288 g/mol. The Balaban J connectivity index is 2.13. The van der Waals surface area contributed by atoms with E-state index in [9.17, 15) is 13.2 Å². The topological polar surface area (TPSA) is 66.5 Å². The summed E-state index contributed by atoms with van der Waals surface area (Å²) in [6.07, 6.45) is 2.06. The first-order chi connectivity index (χ1) is 9.97. The summed E-state index contributed by atoms with van der Waals surface area (Å²) in [5, 5.41) is 3.20. The number of nitrogens with zero attached hydrogens (tertiary/aromatic N) is 1. The van der Waals surface area contributed by atoms with Gasteiger partial charge in [-0.2, -0.15) is 0 Å². The Kier molecular flexibility index (Phi) is 5.00. The summed E-state index contributed by atoms with van der Waals surface area (Å²) in [4.78, 5) is 14.5. The van der Waals surface area contributed by atoms with Gasteiger partial charge >= 0.3 is 0 Å². The number of carbonyl (C=O) groups excluding carboxylic acids is 1. The lowest BCUT2D eigenvalue weighted by molar-refractivity contribution is 0.0698. The molecule has 6 heteroatoms. The Morgan fingerprint density at radius 3 is 2.57 bits per heavy atom. The summed E-state index contributed by atoms with van der Waals surface area (Å²) >= 11 is 0. The lowest BCUT2D eigenvalue weighted by Crippen LogP contribution is -2.46. The summed E-state index contributed by atoms with van der Waals surface area (Å²) in [5.74, 6) is 0.0337. The van der Waals surface area contributed by atoms with Crippen LogP contribution in [0.3, 0.4) is 0 Å². The maximum absolute atomic E-state index is 12.4. The average Bonchev–Trinajstić information content (AvgIpc) is 2.54. The van der Waals surface area contributed by atoms with E-state index in [0.29, 0.717) is 18.2 Å². The molecule has 1 saturated heterocycles. The van der Waals surface area contributed by atoms with Crippen LogP contribution in [0.1, 0.15) is 30.1 Å². The molecule has 1 fully saturated rings. The zero-order chi connectivity index (χ0) is 15.5. The molecule has 1 aliphatic heterocycles. The molecule has 1 aromatic carbocycles. The average molecular weight is 310 g/mol. The van der Waals surface area contributed by atoms with Crippen molar-refractivity contribution >= 4 is 15.7 Å². The van der Waals surface area contributed by atoms with Gasteiger partial charge in [0.2, 0.25) is 0 Å². The van der Waals surface area contributed by atoms with Gasteiger partial charge in [0, 0.05) is 24.7 Å². The van der Waals surface area contributed by atoms with Gasteiger partial charge in [0.15, 0.2) is 9.84 Å². The van der Waals surface area contributed by atoms with E-state index in [4.69, 9.17) is 0 Å². The molecule has 0 radical (unpaired) electrons. The number of likely N-dealkylation sites (tertiary alicyclic amines) is 1. The van der Waals surface area contributed by atoms with Crippen molar-refractivity contribution in [2.45, 2.75) is 30.7 Å². The predicted octanol–water partition coefficient (Wildman–Crippen LogP) is 1.30. The predicted molar refractivity (Wildman–Crippen MR) is 82.2 cm³/mol. The van der Waals surface area contributed by atoms with Crippen molar-refractivity contribution in [3.8, 4) is 0 Å². The number of benzene rings is 1. The highest BCUT2D eigenvalue weighted by molar-refractivity contribution is 7.91. The zero-order valence-corrected chi connectivity index (χ0v) is 13.3. The first-order valence-electron chi connectivity index (χ1n) is 7.27. The standard InChI is InChI=1S/C15H22N2O3S/c1-3-21(19,20)14-8-6-12(7-9-14)15(18)17-10-4-5-13(11-17)16-2/h6-9,13,16H,3-5,10-11H2,1-2H3. The third kappa shape index (κ3) is 3.63. The molecule has 116 valence electrons. The van der Waals surface area contributed by atoms with Crippen LogP contribution in [0, 0.1) is 0 Å². The number of nitrogens with one attached hydrogen (secondary N) is 1. The molecule has 0 spiro atoms. The van der Waals surface area contributed by atoms with Gasteiger partial charge in [0.05, 0.1) is 10.6 Å². The van der Waals surface area contributed by atoms with Gasteiger partial charge < -0.3 is 10.2 Å². The molecule has 1 aliphatic rings. The fourth-order valence-corrected chi connectivity index (χ4v) is 3.44. The molecule has 21 heavy (non-hydrogen) atoms. The van der Waals surface area contributed by atoms with Crippen LogP contribution in [0.4, 0.5) is 0 Å². The van der Waals surface area contributed by atoms with Gasteiger partial charge in [0.1, 0.15) is 0 Å². The van der Waals surface area contributed by atoms with Gasteiger partial charge in [-0.3, -0.25) is 4.79 Å². The number of likely N-dealkylation sites (N-methyl/N-ethyl adjacent to an activating group) is 1. The number of piperidine rings is 1. The quantitative estimate of drug-likeness (QED) is 0.910. The smallest absolute Gasteiger partial charge is 0.253 e. The number of hydrogen-bond donors (Lipinski definition) is 1. The molecule has 0 bridgehead atoms. The molecule has 1 amide bonds. The van der Waals surface area contributed by atoms with E-state index in [2.05, 4.69) is 5.32 Å². The van der Waals surface area contributed by atoms with Gasteiger partial charge in [-0.15, -0.1) is 0 Å². The summed E-state index contributed by atoms with van der Waals surface area (Å²) in [5.41, 5.74) is 0.543. The Morgan fingerprint density at radius 1 is 1.33 bits per heavy atom. The fraction of sp³-hybridized carbons (Fsp3) is 0.533. The van der Waals surface area contributed by atoms with Crippen LogP contribution in [0.15, 0.2) is 29.2 Å². The third-order valence-electron chi connectivity index (χ3n) is 3.96. The number of carbonyl (C=O) groups is 1. The zero-order valence-electron chi connectivity index (χ0n) is 12.5. The lowest BCUT2D eigenvalue weighted by Gasteiger charge is -2.32. The van der Waals surface area contributed by atoms with Crippen molar-refractivity contribution in [2.24, 2.45) is 0 Å². The molecule has 0 saturated carbocycles. The van der Waals surface area contributed by atoms with Crippen LogP contribution in [0.25, 0.3) is 0 Å². The molecule has 2 rings (SSSR count). The third-order valence-corrected chi connectivity index (χ3v) is 5.71. The molecule has 1 heterocycles. The van der Waals surface area contributed by atoms with E-state index >= 15 is 0 Å². The van der Waals surface area contributed by atoms with Crippen molar-refractivity contribution in [3.05, 3.63) is 29.8 Å². The molecular formula is C15H22N2O3S. The van der Waals surface area contributed by atoms with Gasteiger partial charge in [-0.1, -0.05) is 6.92 Å². The SMILES string of the molecule is CCS(=O)(=O)c1ccc(C(=O)N2CCCC(NC)C2)cc1. The lowest BCUT2D eigenvalue weighted by atomic mass is 10.0. The van der Waals surface area contributed by atoms with E-state index in [0.717, 1.165) is 19.4 Å². The highest BCUT2D eigenvalue weighted by Gasteiger charge is 2.23. The van der Waals surface area contributed by atoms with Crippen LogP contribution in [-0.2, 0) is 9.84 Å². The fourth-order valence-electron chi connectivity index (χ4n) is 2.55. The van der Waals surface area contributed by atoms with Crippen molar-refractivity contribution in [1.82, 2.24) is 10.2 Å². The number of amides is 1. The first-order valence-corrected chi connectivity index (χ1v) is 8.92.